The first-order chi connectivity index (χ1) is 9.70. The van der Waals surface area contributed by atoms with Crippen LogP contribution in [0.1, 0.15) is 5.56 Å². The summed E-state index contributed by atoms with van der Waals surface area (Å²) in [4.78, 5) is 16.2. The van der Waals surface area contributed by atoms with Crippen molar-refractivity contribution in [2.45, 2.75) is 6.92 Å². The molecule has 1 aromatic carbocycles. The number of rotatable bonds is 3. The van der Waals surface area contributed by atoms with Gasteiger partial charge in [0.1, 0.15) is 12.7 Å². The number of nitrogens with two attached hydrogens (primary N) is 1. The molecule has 0 spiro atoms. The fourth-order valence-corrected chi connectivity index (χ4v) is 1.70. The fraction of sp³-hybridized carbons (Fsp3) is 0.0833. The highest BCUT2D eigenvalue weighted by atomic mass is 15.4. The van der Waals surface area contributed by atoms with Crippen molar-refractivity contribution in [3.05, 3.63) is 42.5 Å². The van der Waals surface area contributed by atoms with Crippen LogP contribution < -0.4 is 11.1 Å². The molecule has 2 aromatic heterocycles. The first-order valence-corrected chi connectivity index (χ1v) is 5.91. The molecule has 0 bridgehead atoms. The highest BCUT2D eigenvalue weighted by Gasteiger charge is 2.07. The molecule has 0 aliphatic heterocycles. The molecular formula is C12H12N8. The zero-order chi connectivity index (χ0) is 13.9. The van der Waals surface area contributed by atoms with Crippen LogP contribution in [0.15, 0.2) is 36.9 Å². The lowest BCUT2D eigenvalue weighted by atomic mass is 10.2. The second-order valence-corrected chi connectivity index (χ2v) is 4.15. The Balaban J connectivity index is 1.94. The quantitative estimate of drug-likeness (QED) is 0.731. The molecule has 0 radical (unpaired) electrons. The number of anilines is 3. The molecule has 0 aliphatic rings. The van der Waals surface area contributed by atoms with E-state index in [4.69, 9.17) is 5.73 Å². The number of nitrogen functional groups attached to an aromatic ring is 1. The van der Waals surface area contributed by atoms with Gasteiger partial charge in [0, 0.05) is 5.69 Å². The molecule has 100 valence electrons. The van der Waals surface area contributed by atoms with E-state index in [9.17, 15) is 0 Å². The Bertz CT molecular complexity index is 722. The summed E-state index contributed by atoms with van der Waals surface area (Å²) in [6.07, 6.45) is 2.89. The molecule has 0 atom stereocenters. The standard InChI is InChI=1S/C12H12N8/c1-8-3-2-4-9(5-8)16-11-17-10(13)18-12(19-11)20-7-14-6-15-20/h2-7H,1H3,(H3,13,16,17,18,19). The molecule has 0 saturated heterocycles. The van der Waals surface area contributed by atoms with E-state index in [-0.39, 0.29) is 5.95 Å². The molecule has 0 unspecified atom stereocenters. The van der Waals surface area contributed by atoms with Crippen molar-refractivity contribution < 1.29 is 0 Å². The first kappa shape index (κ1) is 12.0. The second-order valence-electron chi connectivity index (χ2n) is 4.15. The Morgan fingerprint density at radius 3 is 2.85 bits per heavy atom. The monoisotopic (exact) mass is 268 g/mol. The number of aryl methyl sites for hydroxylation is 1. The molecule has 3 rings (SSSR count). The van der Waals surface area contributed by atoms with Gasteiger partial charge in [-0.05, 0) is 24.6 Å². The van der Waals surface area contributed by atoms with E-state index in [0.29, 0.717) is 11.9 Å². The maximum Gasteiger partial charge on any atom is 0.258 e. The highest BCUT2D eigenvalue weighted by molar-refractivity contribution is 5.55. The first-order valence-electron chi connectivity index (χ1n) is 5.91. The summed E-state index contributed by atoms with van der Waals surface area (Å²) in [5, 5.41) is 7.04. The average Bonchev–Trinajstić information content (AvgIpc) is 2.91. The molecule has 0 aliphatic carbocycles. The molecular weight excluding hydrogens is 256 g/mol. The predicted molar refractivity (Wildman–Crippen MR) is 73.6 cm³/mol. The minimum absolute atomic E-state index is 0.112. The van der Waals surface area contributed by atoms with Crippen molar-refractivity contribution in [3.63, 3.8) is 0 Å². The second kappa shape index (κ2) is 4.92. The van der Waals surface area contributed by atoms with Crippen LogP contribution in [0, 0.1) is 6.92 Å². The van der Waals surface area contributed by atoms with Crippen molar-refractivity contribution >= 4 is 17.6 Å². The van der Waals surface area contributed by atoms with E-state index in [1.165, 1.54) is 17.3 Å². The van der Waals surface area contributed by atoms with Crippen molar-refractivity contribution in [2.24, 2.45) is 0 Å². The van der Waals surface area contributed by atoms with Crippen LogP contribution in [0.3, 0.4) is 0 Å². The molecule has 3 N–H and O–H groups in total. The number of nitrogens with one attached hydrogen (secondary N) is 1. The van der Waals surface area contributed by atoms with E-state index in [0.717, 1.165) is 11.3 Å². The van der Waals surface area contributed by atoms with Gasteiger partial charge in [-0.3, -0.25) is 0 Å². The van der Waals surface area contributed by atoms with Crippen LogP contribution in [0.2, 0.25) is 0 Å². The normalized spacial score (nSPS) is 10.4. The molecule has 3 aromatic rings. The summed E-state index contributed by atoms with van der Waals surface area (Å²) in [5.74, 6) is 0.777. The van der Waals surface area contributed by atoms with Crippen molar-refractivity contribution in [3.8, 4) is 5.95 Å². The third-order valence-corrected chi connectivity index (χ3v) is 2.54. The summed E-state index contributed by atoms with van der Waals surface area (Å²) in [7, 11) is 0. The van der Waals surface area contributed by atoms with E-state index < -0.39 is 0 Å². The topological polar surface area (TPSA) is 107 Å². The van der Waals surface area contributed by atoms with Gasteiger partial charge >= 0.3 is 0 Å². The third-order valence-electron chi connectivity index (χ3n) is 2.54. The molecule has 8 nitrogen and oxygen atoms in total. The number of hydrogen-bond donors (Lipinski definition) is 2. The summed E-state index contributed by atoms with van der Waals surface area (Å²) in [6, 6.07) is 7.85. The van der Waals surface area contributed by atoms with Crippen molar-refractivity contribution in [1.29, 1.82) is 0 Å². The van der Waals surface area contributed by atoms with Crippen molar-refractivity contribution in [2.75, 3.05) is 11.1 Å². The number of benzene rings is 1. The molecule has 20 heavy (non-hydrogen) atoms. The Morgan fingerprint density at radius 1 is 1.20 bits per heavy atom. The van der Waals surface area contributed by atoms with Crippen LogP contribution in [0.25, 0.3) is 5.95 Å². The lowest BCUT2D eigenvalue weighted by Crippen LogP contribution is -2.09. The van der Waals surface area contributed by atoms with Crippen LogP contribution >= 0.6 is 0 Å². The van der Waals surface area contributed by atoms with Crippen LogP contribution in [0.5, 0.6) is 0 Å². The van der Waals surface area contributed by atoms with Gasteiger partial charge in [-0.1, -0.05) is 12.1 Å². The van der Waals surface area contributed by atoms with Gasteiger partial charge in [0.25, 0.3) is 5.95 Å². The van der Waals surface area contributed by atoms with E-state index in [1.807, 2.05) is 31.2 Å². The average molecular weight is 268 g/mol. The summed E-state index contributed by atoms with van der Waals surface area (Å²) in [5.41, 5.74) is 7.69. The van der Waals surface area contributed by atoms with Gasteiger partial charge in [-0.25, -0.2) is 4.98 Å². The fourth-order valence-electron chi connectivity index (χ4n) is 1.70. The zero-order valence-corrected chi connectivity index (χ0v) is 10.7. The van der Waals surface area contributed by atoms with Crippen molar-refractivity contribution in [1.82, 2.24) is 29.7 Å². The lowest BCUT2D eigenvalue weighted by Gasteiger charge is -2.07. The summed E-state index contributed by atoms with van der Waals surface area (Å²) in [6.45, 7) is 2.01. The third kappa shape index (κ3) is 2.53. The Kier molecular flexibility index (Phi) is 2.96. The molecule has 2 heterocycles. The number of aromatic nitrogens is 6. The molecule has 8 heteroatoms. The van der Waals surface area contributed by atoms with E-state index >= 15 is 0 Å². The largest absolute Gasteiger partial charge is 0.368 e. The maximum absolute atomic E-state index is 5.69. The van der Waals surface area contributed by atoms with Crippen LogP contribution in [-0.4, -0.2) is 29.7 Å². The molecule has 0 saturated carbocycles. The van der Waals surface area contributed by atoms with Crippen LogP contribution in [-0.2, 0) is 0 Å². The highest BCUT2D eigenvalue weighted by Crippen LogP contribution is 2.15. The van der Waals surface area contributed by atoms with Gasteiger partial charge in [0.05, 0.1) is 0 Å². The Hall–Kier alpha value is -3.03. The van der Waals surface area contributed by atoms with Gasteiger partial charge in [0.15, 0.2) is 0 Å². The maximum atomic E-state index is 5.69. The van der Waals surface area contributed by atoms with Gasteiger partial charge in [-0.2, -0.15) is 24.7 Å². The smallest absolute Gasteiger partial charge is 0.258 e. The van der Waals surface area contributed by atoms with Gasteiger partial charge in [0.2, 0.25) is 11.9 Å². The zero-order valence-electron chi connectivity index (χ0n) is 10.7. The number of hydrogen-bond acceptors (Lipinski definition) is 7. The Morgan fingerprint density at radius 2 is 2.10 bits per heavy atom. The minimum Gasteiger partial charge on any atom is -0.368 e. The summed E-state index contributed by atoms with van der Waals surface area (Å²) >= 11 is 0. The van der Waals surface area contributed by atoms with Gasteiger partial charge < -0.3 is 11.1 Å². The van der Waals surface area contributed by atoms with Gasteiger partial charge in [-0.15, -0.1) is 0 Å². The SMILES string of the molecule is Cc1cccc(Nc2nc(N)nc(-n3cncn3)n2)c1. The van der Waals surface area contributed by atoms with E-state index in [1.54, 1.807) is 0 Å². The van der Waals surface area contributed by atoms with E-state index in [2.05, 4.69) is 30.4 Å². The Labute approximate surface area is 114 Å². The lowest BCUT2D eigenvalue weighted by molar-refractivity contribution is 0.800. The minimum atomic E-state index is 0.112. The number of nitrogens with zero attached hydrogens (tertiary/aromatic N) is 6. The van der Waals surface area contributed by atoms with Crippen LogP contribution in [0.4, 0.5) is 17.6 Å². The molecule has 0 amide bonds. The predicted octanol–water partition coefficient (Wildman–Crippen LogP) is 1.09. The molecule has 0 fully saturated rings. The summed E-state index contributed by atoms with van der Waals surface area (Å²) < 4.78 is 1.42.